The van der Waals surface area contributed by atoms with Crippen LogP contribution in [0.1, 0.15) is 41.5 Å². The summed E-state index contributed by atoms with van der Waals surface area (Å²) >= 11 is 1.91. The summed E-state index contributed by atoms with van der Waals surface area (Å²) in [4.78, 5) is 47.4. The highest BCUT2D eigenvalue weighted by Crippen LogP contribution is 2.30. The lowest BCUT2D eigenvalue weighted by molar-refractivity contribution is -0.385. The van der Waals surface area contributed by atoms with Crippen molar-refractivity contribution in [2.45, 2.75) is 26.0 Å². The molecule has 0 spiro atoms. The first-order valence-electron chi connectivity index (χ1n) is 9.86. The van der Waals surface area contributed by atoms with Gasteiger partial charge in [-0.2, -0.15) is 8.78 Å². The Balaban J connectivity index is 2.37. The van der Waals surface area contributed by atoms with Gasteiger partial charge in [0.1, 0.15) is 22.6 Å². The number of hydrogen-bond acceptors (Lipinski definition) is 11. The van der Waals surface area contributed by atoms with E-state index in [-0.39, 0.29) is 11.3 Å². The van der Waals surface area contributed by atoms with Gasteiger partial charge in [-0.1, -0.05) is 0 Å². The van der Waals surface area contributed by atoms with Crippen LogP contribution in [0.3, 0.4) is 0 Å². The number of esters is 3. The first kappa shape index (κ1) is 30.0. The average molecular weight is 656 g/mol. The predicted molar refractivity (Wildman–Crippen MR) is 127 cm³/mol. The maximum atomic E-state index is 13.3. The minimum absolute atomic E-state index is 0.153. The number of nitrogens with zero attached hydrogens (tertiary/aromatic N) is 1. The number of halogens is 3. The van der Waals surface area contributed by atoms with Crippen LogP contribution in [0.4, 0.5) is 14.5 Å². The molecule has 0 N–H and O–H groups in total. The van der Waals surface area contributed by atoms with Gasteiger partial charge in [-0.25, -0.2) is 18.0 Å². The average Bonchev–Trinajstić information content (AvgIpc) is 2.75. The number of nitro groups is 1. The van der Waals surface area contributed by atoms with Crippen molar-refractivity contribution < 1.29 is 55.3 Å². The van der Waals surface area contributed by atoms with Crippen molar-refractivity contribution in [1.29, 1.82) is 0 Å². The molecule has 12 nitrogen and oxygen atoms in total. The van der Waals surface area contributed by atoms with E-state index in [4.69, 9.17) is 9.47 Å². The summed E-state index contributed by atoms with van der Waals surface area (Å²) in [6, 6.07) is 6.39. The van der Waals surface area contributed by atoms with E-state index in [1.807, 2.05) is 22.6 Å². The second kappa shape index (κ2) is 11.0. The van der Waals surface area contributed by atoms with Crippen molar-refractivity contribution in [3.05, 3.63) is 61.2 Å². The molecule has 0 aliphatic carbocycles. The van der Waals surface area contributed by atoms with Crippen LogP contribution in [-0.4, -0.2) is 47.7 Å². The number of alkyl halides is 2. The van der Waals surface area contributed by atoms with Crippen molar-refractivity contribution in [1.82, 2.24) is 0 Å². The molecule has 0 heterocycles. The molecule has 2 aromatic rings. The lowest BCUT2D eigenvalue weighted by Gasteiger charge is -2.19. The van der Waals surface area contributed by atoms with Crippen LogP contribution in [-0.2, 0) is 19.6 Å². The molecule has 200 valence electrons. The Kier molecular flexibility index (Phi) is 8.92. The molecule has 16 heteroatoms. The van der Waals surface area contributed by atoms with E-state index in [0.29, 0.717) is 15.7 Å². The Morgan fingerprint density at radius 3 is 2.16 bits per heavy atom. The number of ether oxygens (including phenoxy) is 3. The van der Waals surface area contributed by atoms with E-state index < -0.39 is 67.2 Å². The highest BCUT2D eigenvalue weighted by Gasteiger charge is 2.40. The second-order valence-electron chi connectivity index (χ2n) is 8.27. The Morgan fingerprint density at radius 1 is 1.00 bits per heavy atom. The molecule has 0 atom stereocenters. The van der Waals surface area contributed by atoms with Gasteiger partial charge in [0.15, 0.2) is 16.7 Å². The molecule has 0 aromatic heterocycles. The number of nitro benzene ring substituents is 1. The molecule has 0 aliphatic heterocycles. The second-order valence-corrected chi connectivity index (χ2v) is 11.0. The molecule has 0 bridgehead atoms. The minimum atomic E-state index is -6.19. The summed E-state index contributed by atoms with van der Waals surface area (Å²) in [5.41, 5.74) is -3.07. The van der Waals surface area contributed by atoms with Gasteiger partial charge in [-0.3, -0.25) is 14.9 Å². The zero-order chi connectivity index (χ0) is 28.3. The zero-order valence-corrected chi connectivity index (χ0v) is 22.1. The molecule has 0 unspecified atom stereocenters. The van der Waals surface area contributed by atoms with Crippen LogP contribution in [0.15, 0.2) is 36.4 Å². The zero-order valence-electron chi connectivity index (χ0n) is 19.2. The largest absolute Gasteiger partial charge is 0.743 e. The van der Waals surface area contributed by atoms with Crippen molar-refractivity contribution in [2.75, 3.05) is 6.61 Å². The Bertz CT molecular complexity index is 1370. The maximum absolute atomic E-state index is 13.3. The first-order chi connectivity index (χ1) is 16.8. The van der Waals surface area contributed by atoms with Gasteiger partial charge >= 0.3 is 23.2 Å². The van der Waals surface area contributed by atoms with Crippen LogP contribution < -0.4 is 9.47 Å². The van der Waals surface area contributed by atoms with Gasteiger partial charge in [0.25, 0.3) is 5.69 Å². The quantitative estimate of drug-likeness (QED) is 0.101. The van der Waals surface area contributed by atoms with Gasteiger partial charge < -0.3 is 18.8 Å². The number of carbonyl (C=O) groups is 3. The SMILES string of the molecule is CC(C)(C)C(=O)Oc1cc(I)ccc1C(=O)Oc1ccc([N+](=O)[O-])c(C(=O)OCC(F)(F)S(=O)(=O)[O-])c1. The summed E-state index contributed by atoms with van der Waals surface area (Å²) in [7, 11) is -6.19. The molecule has 0 saturated heterocycles. The number of benzene rings is 2. The highest BCUT2D eigenvalue weighted by atomic mass is 127. The van der Waals surface area contributed by atoms with E-state index >= 15 is 0 Å². The third-order valence-corrected chi connectivity index (χ3v) is 5.83. The maximum Gasteiger partial charge on any atom is 0.367 e. The normalized spacial score (nSPS) is 12.0. The van der Waals surface area contributed by atoms with Crippen molar-refractivity contribution >= 4 is 56.3 Å². The van der Waals surface area contributed by atoms with Crippen LogP contribution in [0.2, 0.25) is 0 Å². The Hall–Kier alpha value is -3.25. The van der Waals surface area contributed by atoms with E-state index in [2.05, 4.69) is 4.74 Å². The fraction of sp³-hybridized carbons (Fsp3) is 0.286. The molecular weight excluding hydrogens is 639 g/mol. The summed E-state index contributed by atoms with van der Waals surface area (Å²) < 4.78 is 73.4. The summed E-state index contributed by atoms with van der Waals surface area (Å²) in [5.74, 6) is -4.19. The van der Waals surface area contributed by atoms with Crippen molar-refractivity contribution in [3.63, 3.8) is 0 Å². The fourth-order valence-corrected chi connectivity index (χ4v) is 3.03. The summed E-state index contributed by atoms with van der Waals surface area (Å²) in [6.45, 7) is 2.55. The molecule has 0 saturated carbocycles. The number of hydrogen-bond donors (Lipinski definition) is 0. The van der Waals surface area contributed by atoms with E-state index in [0.717, 1.165) is 6.07 Å². The Labute approximate surface area is 221 Å². The molecule has 0 aliphatic rings. The van der Waals surface area contributed by atoms with Crippen LogP contribution >= 0.6 is 22.6 Å². The predicted octanol–water partition coefficient (Wildman–Crippen LogP) is 3.66. The first-order valence-corrected chi connectivity index (χ1v) is 12.3. The smallest absolute Gasteiger partial charge is 0.367 e. The number of carbonyl (C=O) groups excluding carboxylic acids is 3. The van der Waals surface area contributed by atoms with Gasteiger partial charge in [-0.15, -0.1) is 0 Å². The van der Waals surface area contributed by atoms with Crippen molar-refractivity contribution in [2.24, 2.45) is 5.41 Å². The molecule has 37 heavy (non-hydrogen) atoms. The minimum Gasteiger partial charge on any atom is -0.743 e. The summed E-state index contributed by atoms with van der Waals surface area (Å²) in [5, 5.41) is 6.26. The summed E-state index contributed by atoms with van der Waals surface area (Å²) in [6.07, 6.45) is 0. The molecule has 0 radical (unpaired) electrons. The topological polar surface area (TPSA) is 179 Å². The third kappa shape index (κ3) is 7.62. The number of rotatable bonds is 8. The third-order valence-electron chi connectivity index (χ3n) is 4.31. The van der Waals surface area contributed by atoms with E-state index in [9.17, 15) is 46.2 Å². The van der Waals surface area contributed by atoms with E-state index in [1.54, 1.807) is 20.8 Å². The lowest BCUT2D eigenvalue weighted by atomic mass is 9.97. The van der Waals surface area contributed by atoms with Crippen LogP contribution in [0.25, 0.3) is 0 Å². The monoisotopic (exact) mass is 656 g/mol. The van der Waals surface area contributed by atoms with Gasteiger partial charge in [-0.05, 0) is 67.6 Å². The van der Waals surface area contributed by atoms with Crippen LogP contribution in [0, 0.1) is 19.1 Å². The highest BCUT2D eigenvalue weighted by molar-refractivity contribution is 14.1. The fourth-order valence-electron chi connectivity index (χ4n) is 2.37. The molecular formula is C21H17F2INO11S-. The van der Waals surface area contributed by atoms with Crippen LogP contribution in [0.5, 0.6) is 11.5 Å². The molecule has 2 aromatic carbocycles. The Morgan fingerprint density at radius 2 is 1.62 bits per heavy atom. The standard InChI is InChI=1S/C21H18F2INO11S/c1-20(2,3)19(28)36-16-8-11(24)4-6-13(16)18(27)35-12-5-7-15(25(29)30)14(9-12)17(26)34-10-21(22,23)37(31,32)33/h4-9H,10H2,1-3H3,(H,31,32,33)/p-1. The van der Waals surface area contributed by atoms with Gasteiger partial charge in [0, 0.05) is 15.7 Å². The molecule has 0 amide bonds. The molecule has 0 fully saturated rings. The molecule has 2 rings (SSSR count). The van der Waals surface area contributed by atoms with Crippen molar-refractivity contribution in [3.8, 4) is 11.5 Å². The lowest BCUT2D eigenvalue weighted by Crippen LogP contribution is -2.34. The van der Waals surface area contributed by atoms with Gasteiger partial charge in [0.05, 0.1) is 10.3 Å². The van der Waals surface area contributed by atoms with E-state index in [1.165, 1.54) is 18.2 Å². The van der Waals surface area contributed by atoms with Gasteiger partial charge in [0.2, 0.25) is 0 Å².